The zero-order valence-corrected chi connectivity index (χ0v) is 16.2. The summed E-state index contributed by atoms with van der Waals surface area (Å²) in [6, 6.07) is 10.6. The first-order chi connectivity index (χ1) is 14.3. The number of fused-ring (bicyclic) bond motifs is 2. The van der Waals surface area contributed by atoms with Crippen molar-refractivity contribution in [2.75, 3.05) is 39.5 Å². The van der Waals surface area contributed by atoms with Gasteiger partial charge in [0.1, 0.15) is 25.6 Å². The summed E-state index contributed by atoms with van der Waals surface area (Å²) in [7, 11) is 0. The van der Waals surface area contributed by atoms with Gasteiger partial charge in [-0.15, -0.1) is 0 Å². The lowest BCUT2D eigenvalue weighted by Gasteiger charge is -2.22. The van der Waals surface area contributed by atoms with Crippen LogP contribution in [0.3, 0.4) is 0 Å². The Morgan fingerprint density at radius 2 is 2.14 bits per heavy atom. The molecule has 2 aromatic carbocycles. The van der Waals surface area contributed by atoms with E-state index in [0.29, 0.717) is 31.5 Å². The molecule has 0 aliphatic carbocycles. The zero-order chi connectivity index (χ0) is 19.6. The molecule has 2 aliphatic heterocycles. The van der Waals surface area contributed by atoms with E-state index in [1.165, 1.54) is 12.1 Å². The van der Waals surface area contributed by atoms with Crippen LogP contribution in [0.5, 0.6) is 17.2 Å². The third kappa shape index (κ3) is 3.87. The van der Waals surface area contributed by atoms with Gasteiger partial charge in [-0.25, -0.2) is 4.39 Å². The Hall–Kier alpha value is -2.80. The number of hydrogen-bond acceptors (Lipinski definition) is 5. The van der Waals surface area contributed by atoms with Gasteiger partial charge in [-0.2, -0.15) is 5.10 Å². The van der Waals surface area contributed by atoms with Crippen LogP contribution in [0.25, 0.3) is 10.9 Å². The topological polar surface area (TPSA) is 59.6 Å². The minimum Gasteiger partial charge on any atom is -0.488 e. The molecule has 0 amide bonds. The maximum Gasteiger partial charge on any atom is 0.203 e. The van der Waals surface area contributed by atoms with Crippen molar-refractivity contribution in [2.45, 2.75) is 12.8 Å². The van der Waals surface area contributed by atoms with E-state index in [1.807, 2.05) is 24.3 Å². The molecule has 29 heavy (non-hydrogen) atoms. The summed E-state index contributed by atoms with van der Waals surface area (Å²) in [6.07, 6.45) is 2.04. The monoisotopic (exact) mass is 397 g/mol. The summed E-state index contributed by atoms with van der Waals surface area (Å²) in [4.78, 5) is 2.42. The summed E-state index contributed by atoms with van der Waals surface area (Å²) in [5, 5.41) is 8.37. The number of nitrogens with one attached hydrogen (secondary N) is 1. The van der Waals surface area contributed by atoms with Gasteiger partial charge in [-0.1, -0.05) is 6.07 Å². The van der Waals surface area contributed by atoms with Gasteiger partial charge in [0, 0.05) is 18.5 Å². The molecule has 1 unspecified atom stereocenters. The van der Waals surface area contributed by atoms with Crippen LogP contribution in [0.2, 0.25) is 0 Å². The second-order valence-electron chi connectivity index (χ2n) is 7.65. The number of aromatic nitrogens is 2. The predicted octanol–water partition coefficient (Wildman–Crippen LogP) is 3.42. The Bertz CT molecular complexity index is 1010. The Labute approximate surface area is 168 Å². The van der Waals surface area contributed by atoms with Gasteiger partial charge in [-0.3, -0.25) is 10.00 Å². The van der Waals surface area contributed by atoms with Crippen molar-refractivity contribution in [3.05, 3.63) is 47.9 Å². The van der Waals surface area contributed by atoms with E-state index in [0.717, 1.165) is 60.6 Å². The number of likely N-dealkylation sites (tertiary alicyclic amines) is 1. The zero-order valence-electron chi connectivity index (χ0n) is 16.2. The minimum atomic E-state index is -0.239. The molecular formula is C22H24FN3O3. The van der Waals surface area contributed by atoms with Crippen LogP contribution in [-0.4, -0.2) is 54.6 Å². The summed E-state index contributed by atoms with van der Waals surface area (Å²) < 4.78 is 30.6. The smallest absolute Gasteiger partial charge is 0.203 e. The molecule has 3 heterocycles. The van der Waals surface area contributed by atoms with E-state index in [1.54, 1.807) is 0 Å². The maximum absolute atomic E-state index is 13.4. The predicted molar refractivity (Wildman–Crippen MR) is 107 cm³/mol. The molecule has 2 aliphatic rings. The molecule has 3 aromatic rings. The van der Waals surface area contributed by atoms with Gasteiger partial charge in [0.15, 0.2) is 11.5 Å². The molecular weight excluding hydrogens is 373 g/mol. The van der Waals surface area contributed by atoms with Crippen LogP contribution in [0, 0.1) is 11.7 Å². The number of aromatic amines is 1. The van der Waals surface area contributed by atoms with Gasteiger partial charge in [-0.05, 0) is 55.6 Å². The van der Waals surface area contributed by atoms with Gasteiger partial charge in [0.05, 0.1) is 11.2 Å². The van der Waals surface area contributed by atoms with Crippen LogP contribution in [0.15, 0.2) is 36.4 Å². The lowest BCUT2D eigenvalue weighted by molar-refractivity contribution is 0.158. The molecule has 152 valence electrons. The molecule has 7 heteroatoms. The molecule has 1 atom stereocenters. The first-order valence-electron chi connectivity index (χ1n) is 10.1. The number of rotatable bonds is 6. The summed E-state index contributed by atoms with van der Waals surface area (Å²) >= 11 is 0. The second kappa shape index (κ2) is 7.91. The van der Waals surface area contributed by atoms with Crippen molar-refractivity contribution in [3.63, 3.8) is 0 Å². The highest BCUT2D eigenvalue weighted by Gasteiger charge is 2.24. The molecule has 1 fully saturated rings. The van der Waals surface area contributed by atoms with Crippen LogP contribution < -0.4 is 14.2 Å². The molecule has 1 saturated heterocycles. The van der Waals surface area contributed by atoms with E-state index < -0.39 is 0 Å². The fourth-order valence-electron chi connectivity index (χ4n) is 4.21. The van der Waals surface area contributed by atoms with E-state index in [2.05, 4.69) is 15.1 Å². The van der Waals surface area contributed by atoms with Gasteiger partial charge in [0.2, 0.25) is 5.75 Å². The molecule has 0 saturated carbocycles. The average Bonchev–Trinajstić information content (AvgIpc) is 3.35. The highest BCUT2D eigenvalue weighted by atomic mass is 19.1. The Balaban J connectivity index is 1.14. The van der Waals surface area contributed by atoms with Crippen LogP contribution in [0.4, 0.5) is 4.39 Å². The third-order valence-corrected chi connectivity index (χ3v) is 5.65. The number of hydrogen-bond donors (Lipinski definition) is 1. The maximum atomic E-state index is 13.4. The lowest BCUT2D eigenvalue weighted by Crippen LogP contribution is -2.26. The lowest BCUT2D eigenvalue weighted by atomic mass is 10.0. The summed E-state index contributed by atoms with van der Waals surface area (Å²) in [6.45, 7) is 4.68. The number of benzene rings is 2. The van der Waals surface area contributed by atoms with Gasteiger partial charge < -0.3 is 14.2 Å². The molecule has 0 radical (unpaired) electrons. The van der Waals surface area contributed by atoms with Crippen molar-refractivity contribution in [3.8, 4) is 17.2 Å². The molecule has 1 N–H and O–H groups in total. The molecule has 6 nitrogen and oxygen atoms in total. The quantitative estimate of drug-likeness (QED) is 0.691. The molecule has 1 aromatic heterocycles. The number of ether oxygens (including phenoxy) is 3. The normalized spacial score (nSPS) is 19.0. The van der Waals surface area contributed by atoms with E-state index >= 15 is 0 Å². The Morgan fingerprint density at radius 3 is 3.10 bits per heavy atom. The molecule has 0 spiro atoms. The first kappa shape index (κ1) is 18.2. The fourth-order valence-corrected chi connectivity index (χ4v) is 4.21. The largest absolute Gasteiger partial charge is 0.488 e. The third-order valence-electron chi connectivity index (χ3n) is 5.65. The Kier molecular flexibility index (Phi) is 4.97. The number of para-hydroxylation sites is 1. The first-order valence-corrected chi connectivity index (χ1v) is 10.1. The second-order valence-corrected chi connectivity index (χ2v) is 7.65. The summed E-state index contributed by atoms with van der Waals surface area (Å²) in [5.41, 5.74) is 1.79. The van der Waals surface area contributed by atoms with E-state index in [9.17, 15) is 4.39 Å². The standard InChI is InChI=1S/C22H24FN3O3/c23-16-4-5-17-18(24-25-19(17)13-16)12-15-6-7-26(14-15)8-9-27-20-2-1-3-21-22(20)29-11-10-28-21/h1-5,13,15H,6-12,14H2,(H,24,25). The minimum absolute atomic E-state index is 0.239. The van der Waals surface area contributed by atoms with Crippen molar-refractivity contribution in [2.24, 2.45) is 5.92 Å². The molecule has 0 bridgehead atoms. The molecule has 5 rings (SSSR count). The van der Waals surface area contributed by atoms with Crippen molar-refractivity contribution >= 4 is 10.9 Å². The van der Waals surface area contributed by atoms with Gasteiger partial charge in [0.25, 0.3) is 0 Å². The van der Waals surface area contributed by atoms with E-state index in [4.69, 9.17) is 14.2 Å². The summed E-state index contributed by atoms with van der Waals surface area (Å²) in [5.74, 6) is 2.51. The van der Waals surface area contributed by atoms with Crippen LogP contribution in [-0.2, 0) is 6.42 Å². The van der Waals surface area contributed by atoms with Crippen LogP contribution >= 0.6 is 0 Å². The number of H-pyrrole nitrogens is 1. The Morgan fingerprint density at radius 1 is 1.21 bits per heavy atom. The highest BCUT2D eigenvalue weighted by Crippen LogP contribution is 2.38. The van der Waals surface area contributed by atoms with Gasteiger partial charge >= 0.3 is 0 Å². The number of halogens is 1. The van der Waals surface area contributed by atoms with Crippen LogP contribution in [0.1, 0.15) is 12.1 Å². The fraction of sp³-hybridized carbons (Fsp3) is 0.409. The average molecular weight is 397 g/mol. The van der Waals surface area contributed by atoms with Crippen molar-refractivity contribution in [1.29, 1.82) is 0 Å². The number of nitrogens with zero attached hydrogens (tertiary/aromatic N) is 2. The SMILES string of the molecule is Fc1ccc2c(CC3CCN(CCOc4cccc5c4OCCO5)C3)n[nH]c2c1. The van der Waals surface area contributed by atoms with Crippen molar-refractivity contribution < 1.29 is 18.6 Å². The van der Waals surface area contributed by atoms with Crippen molar-refractivity contribution in [1.82, 2.24) is 15.1 Å². The highest BCUT2D eigenvalue weighted by molar-refractivity contribution is 5.81. The van der Waals surface area contributed by atoms with E-state index in [-0.39, 0.29) is 5.82 Å².